The van der Waals surface area contributed by atoms with Crippen molar-refractivity contribution in [1.29, 1.82) is 0 Å². The first-order chi connectivity index (χ1) is 9.58. The lowest BCUT2D eigenvalue weighted by Crippen LogP contribution is -2.46. The van der Waals surface area contributed by atoms with Crippen molar-refractivity contribution in [2.24, 2.45) is 16.6 Å². The van der Waals surface area contributed by atoms with E-state index in [1.54, 1.807) is 0 Å². The van der Waals surface area contributed by atoms with E-state index in [0.29, 0.717) is 17.9 Å². The minimum atomic E-state index is 0.480. The predicted octanol–water partition coefficient (Wildman–Crippen LogP) is 1.39. The summed E-state index contributed by atoms with van der Waals surface area (Å²) in [4.78, 5) is 9.24. The summed E-state index contributed by atoms with van der Waals surface area (Å²) in [5.41, 5.74) is 6.08. The molecule has 0 aliphatic carbocycles. The lowest BCUT2D eigenvalue weighted by molar-refractivity contribution is 0.0142. The third-order valence-electron chi connectivity index (χ3n) is 3.86. The van der Waals surface area contributed by atoms with Crippen LogP contribution >= 0.6 is 0 Å². The number of rotatable bonds is 7. The molecule has 0 aromatic rings. The van der Waals surface area contributed by atoms with Gasteiger partial charge in [-0.05, 0) is 26.2 Å². The SMILES string of the molecule is CCN(CC)C(N)=NCC(CC(C)C)N1CCOCC1. The Morgan fingerprint density at radius 3 is 2.35 bits per heavy atom. The monoisotopic (exact) mass is 284 g/mol. The summed E-state index contributed by atoms with van der Waals surface area (Å²) in [7, 11) is 0. The molecule has 1 heterocycles. The van der Waals surface area contributed by atoms with Crippen molar-refractivity contribution < 1.29 is 4.74 Å². The zero-order valence-electron chi connectivity index (χ0n) is 13.6. The maximum Gasteiger partial charge on any atom is 0.191 e. The number of nitrogens with two attached hydrogens (primary N) is 1. The van der Waals surface area contributed by atoms with Crippen LogP contribution in [0.15, 0.2) is 4.99 Å². The van der Waals surface area contributed by atoms with Gasteiger partial charge in [-0.2, -0.15) is 0 Å². The zero-order valence-corrected chi connectivity index (χ0v) is 13.6. The van der Waals surface area contributed by atoms with Gasteiger partial charge < -0.3 is 15.4 Å². The normalized spacial score (nSPS) is 19.4. The van der Waals surface area contributed by atoms with Crippen LogP contribution < -0.4 is 5.73 Å². The maximum atomic E-state index is 6.08. The highest BCUT2D eigenvalue weighted by atomic mass is 16.5. The molecule has 1 atom stereocenters. The maximum absolute atomic E-state index is 6.08. The number of aliphatic imine (C=N–C) groups is 1. The van der Waals surface area contributed by atoms with Crippen LogP contribution in [0.5, 0.6) is 0 Å². The van der Waals surface area contributed by atoms with Crippen LogP contribution in [0.3, 0.4) is 0 Å². The molecule has 0 saturated carbocycles. The van der Waals surface area contributed by atoms with Gasteiger partial charge in [0, 0.05) is 32.2 Å². The number of hydrogen-bond acceptors (Lipinski definition) is 3. The highest BCUT2D eigenvalue weighted by Crippen LogP contribution is 2.14. The Kier molecular flexibility index (Phi) is 7.92. The van der Waals surface area contributed by atoms with Gasteiger partial charge in [0.15, 0.2) is 5.96 Å². The Morgan fingerprint density at radius 2 is 1.85 bits per heavy atom. The smallest absolute Gasteiger partial charge is 0.191 e. The van der Waals surface area contributed by atoms with Gasteiger partial charge in [-0.15, -0.1) is 0 Å². The van der Waals surface area contributed by atoms with Crippen LogP contribution in [-0.2, 0) is 4.74 Å². The minimum Gasteiger partial charge on any atom is -0.379 e. The van der Waals surface area contributed by atoms with Crippen molar-refractivity contribution in [1.82, 2.24) is 9.80 Å². The van der Waals surface area contributed by atoms with Crippen LogP contribution in [0.25, 0.3) is 0 Å². The summed E-state index contributed by atoms with van der Waals surface area (Å²) in [5.74, 6) is 1.35. The van der Waals surface area contributed by atoms with Gasteiger partial charge in [-0.3, -0.25) is 9.89 Å². The first-order valence-corrected chi connectivity index (χ1v) is 7.95. The molecule has 0 aromatic carbocycles. The fourth-order valence-corrected chi connectivity index (χ4v) is 2.67. The highest BCUT2D eigenvalue weighted by molar-refractivity contribution is 5.78. The third kappa shape index (κ3) is 5.67. The zero-order chi connectivity index (χ0) is 15.0. The van der Waals surface area contributed by atoms with Crippen LogP contribution in [0.2, 0.25) is 0 Å². The summed E-state index contributed by atoms with van der Waals surface area (Å²) in [6, 6.07) is 0.480. The molecule has 20 heavy (non-hydrogen) atoms. The first-order valence-electron chi connectivity index (χ1n) is 7.95. The summed E-state index contributed by atoms with van der Waals surface area (Å²) < 4.78 is 5.44. The second-order valence-electron chi connectivity index (χ2n) is 5.80. The standard InChI is InChI=1S/C15H32N4O/c1-5-18(6-2)15(16)17-12-14(11-13(3)4)19-7-9-20-10-8-19/h13-14H,5-12H2,1-4H3,(H2,16,17). The van der Waals surface area contributed by atoms with Crippen molar-refractivity contribution in [3.63, 3.8) is 0 Å². The average Bonchev–Trinajstić information content (AvgIpc) is 2.45. The number of hydrogen-bond donors (Lipinski definition) is 1. The minimum absolute atomic E-state index is 0.480. The number of morpholine rings is 1. The molecule has 1 fully saturated rings. The Hall–Kier alpha value is -0.810. The number of nitrogens with zero attached hydrogens (tertiary/aromatic N) is 3. The molecule has 5 heteroatoms. The second kappa shape index (κ2) is 9.19. The van der Waals surface area contributed by atoms with Gasteiger partial charge in [0.1, 0.15) is 0 Å². The Bertz CT molecular complexity index is 284. The largest absolute Gasteiger partial charge is 0.379 e. The second-order valence-corrected chi connectivity index (χ2v) is 5.80. The van der Waals surface area contributed by atoms with Crippen LogP contribution in [0.1, 0.15) is 34.1 Å². The molecule has 0 bridgehead atoms. The molecule has 0 amide bonds. The molecule has 0 radical (unpaired) electrons. The van der Waals surface area contributed by atoms with E-state index < -0.39 is 0 Å². The molecule has 1 aliphatic heterocycles. The molecular formula is C15H32N4O. The Balaban J connectivity index is 2.61. The molecule has 0 aromatic heterocycles. The molecule has 1 unspecified atom stereocenters. The van der Waals surface area contributed by atoms with E-state index in [2.05, 4.69) is 42.5 Å². The lowest BCUT2D eigenvalue weighted by atomic mass is 10.0. The average molecular weight is 284 g/mol. The number of ether oxygens (including phenoxy) is 1. The van der Waals surface area contributed by atoms with Crippen molar-refractivity contribution in [2.45, 2.75) is 40.2 Å². The molecule has 1 aliphatic rings. The van der Waals surface area contributed by atoms with E-state index in [1.807, 2.05) is 0 Å². The molecule has 118 valence electrons. The summed E-state index contributed by atoms with van der Waals surface area (Å²) in [5, 5.41) is 0. The topological polar surface area (TPSA) is 54.1 Å². The van der Waals surface area contributed by atoms with Crippen LogP contribution in [0.4, 0.5) is 0 Å². The molecule has 1 saturated heterocycles. The van der Waals surface area contributed by atoms with Gasteiger partial charge in [-0.25, -0.2) is 0 Å². The summed E-state index contributed by atoms with van der Waals surface area (Å²) in [6.07, 6.45) is 1.16. The molecule has 1 rings (SSSR count). The Labute approximate surface area is 124 Å². The van der Waals surface area contributed by atoms with E-state index in [4.69, 9.17) is 10.5 Å². The fraction of sp³-hybridized carbons (Fsp3) is 0.933. The van der Waals surface area contributed by atoms with Crippen LogP contribution in [0, 0.1) is 5.92 Å². The molecule has 0 spiro atoms. The van der Waals surface area contributed by atoms with Crippen LogP contribution in [-0.4, -0.2) is 67.7 Å². The lowest BCUT2D eigenvalue weighted by Gasteiger charge is -2.34. The quantitative estimate of drug-likeness (QED) is 0.567. The summed E-state index contributed by atoms with van der Waals surface area (Å²) >= 11 is 0. The van der Waals surface area contributed by atoms with Gasteiger partial charge in [0.2, 0.25) is 0 Å². The van der Waals surface area contributed by atoms with Gasteiger partial charge in [-0.1, -0.05) is 13.8 Å². The van der Waals surface area contributed by atoms with Gasteiger partial charge in [0.05, 0.1) is 19.8 Å². The van der Waals surface area contributed by atoms with E-state index >= 15 is 0 Å². The van der Waals surface area contributed by atoms with Crippen molar-refractivity contribution in [3.8, 4) is 0 Å². The van der Waals surface area contributed by atoms with E-state index in [1.165, 1.54) is 0 Å². The predicted molar refractivity (Wildman–Crippen MR) is 85.0 cm³/mol. The molecule has 2 N–H and O–H groups in total. The van der Waals surface area contributed by atoms with Gasteiger partial charge >= 0.3 is 0 Å². The van der Waals surface area contributed by atoms with Crippen molar-refractivity contribution in [2.75, 3.05) is 45.9 Å². The van der Waals surface area contributed by atoms with Crippen molar-refractivity contribution >= 4 is 5.96 Å². The number of guanidine groups is 1. The highest BCUT2D eigenvalue weighted by Gasteiger charge is 2.21. The third-order valence-corrected chi connectivity index (χ3v) is 3.86. The van der Waals surface area contributed by atoms with Crippen molar-refractivity contribution in [3.05, 3.63) is 0 Å². The molecule has 5 nitrogen and oxygen atoms in total. The van der Waals surface area contributed by atoms with Gasteiger partial charge in [0.25, 0.3) is 0 Å². The van der Waals surface area contributed by atoms with E-state index in [-0.39, 0.29) is 0 Å². The fourth-order valence-electron chi connectivity index (χ4n) is 2.67. The Morgan fingerprint density at radius 1 is 1.25 bits per heavy atom. The molecular weight excluding hydrogens is 252 g/mol. The van der Waals surface area contributed by atoms with E-state index in [0.717, 1.165) is 52.4 Å². The van der Waals surface area contributed by atoms with E-state index in [9.17, 15) is 0 Å². The summed E-state index contributed by atoms with van der Waals surface area (Å²) in [6.45, 7) is 15.1. The first kappa shape index (κ1) is 17.2.